The van der Waals surface area contributed by atoms with Crippen molar-refractivity contribution >= 4 is 47.3 Å². The van der Waals surface area contributed by atoms with Crippen molar-refractivity contribution in [2.24, 2.45) is 11.5 Å². The van der Waals surface area contributed by atoms with E-state index in [0.717, 1.165) is 6.92 Å². The third kappa shape index (κ3) is 14.7. The zero-order valence-electron chi connectivity index (χ0n) is 29.8. The van der Waals surface area contributed by atoms with E-state index in [9.17, 15) is 58.8 Å². The molecule has 1 saturated heterocycles. The van der Waals surface area contributed by atoms with Crippen LogP contribution in [0.1, 0.15) is 47.4 Å². The van der Waals surface area contributed by atoms with Crippen molar-refractivity contribution in [1.29, 1.82) is 0 Å². The Morgan fingerprint density at radius 1 is 0.833 bits per heavy atom. The highest BCUT2D eigenvalue weighted by atomic mass is 16.3. The van der Waals surface area contributed by atoms with E-state index in [1.807, 2.05) is 0 Å². The summed E-state index contributed by atoms with van der Waals surface area (Å²) >= 11 is 0. The minimum atomic E-state index is -1.74. The summed E-state index contributed by atoms with van der Waals surface area (Å²) in [6.45, 7) is -1.49. The number of hydrogen-bond donors (Lipinski definition) is 13. The highest BCUT2D eigenvalue weighted by Gasteiger charge is 2.35. The molecule has 15 N–H and O–H groups in total. The predicted octanol–water partition coefficient (Wildman–Crippen LogP) is -6.12. The van der Waals surface area contributed by atoms with Crippen molar-refractivity contribution < 1.29 is 61.6 Å². The molecular weight excluding hydrogens is 714 g/mol. The normalized spacial score (nSPS) is 23.0. The second-order valence-electron chi connectivity index (χ2n) is 12.7. The maximum Gasteiger partial charge on any atom is 0.245 e. The minimum Gasteiger partial charge on any atom is -0.394 e. The molecule has 2 rings (SSSR count). The molecule has 1 aliphatic rings. The van der Waals surface area contributed by atoms with Crippen LogP contribution >= 0.6 is 0 Å². The van der Waals surface area contributed by atoms with Gasteiger partial charge < -0.3 is 63.8 Å². The van der Waals surface area contributed by atoms with Crippen LogP contribution in [0.3, 0.4) is 0 Å². The van der Waals surface area contributed by atoms with Gasteiger partial charge in [0.1, 0.15) is 36.3 Å². The van der Waals surface area contributed by atoms with Crippen molar-refractivity contribution in [3.05, 3.63) is 35.9 Å². The Morgan fingerprint density at radius 2 is 1.48 bits per heavy atom. The van der Waals surface area contributed by atoms with E-state index in [1.54, 1.807) is 30.3 Å². The van der Waals surface area contributed by atoms with E-state index in [2.05, 4.69) is 37.2 Å². The number of rotatable bonds is 14. The molecule has 1 fully saturated rings. The summed E-state index contributed by atoms with van der Waals surface area (Å²) in [6.07, 6.45) is -1.71. The Bertz CT molecular complexity index is 1480. The topological polar surface area (TPSA) is 354 Å². The molecule has 21 heteroatoms. The first-order valence-corrected chi connectivity index (χ1v) is 17.3. The largest absolute Gasteiger partial charge is 0.394 e. The number of aliphatic hydroxyl groups excluding tert-OH is 4. The van der Waals surface area contributed by atoms with Gasteiger partial charge in [-0.1, -0.05) is 30.3 Å². The van der Waals surface area contributed by atoms with E-state index < -0.39 is 115 Å². The Hall–Kier alpha value is -5.22. The van der Waals surface area contributed by atoms with Gasteiger partial charge in [-0.3, -0.25) is 43.7 Å². The molecule has 1 aromatic rings. The molecule has 0 radical (unpaired) electrons. The molecule has 54 heavy (non-hydrogen) atoms. The molecule has 0 spiro atoms. The smallest absolute Gasteiger partial charge is 0.245 e. The number of primary amides is 2. The van der Waals surface area contributed by atoms with Crippen LogP contribution in [0, 0.1) is 0 Å². The Labute approximate surface area is 313 Å². The second-order valence-corrected chi connectivity index (χ2v) is 12.7. The third-order valence-electron chi connectivity index (χ3n) is 8.42. The molecule has 1 aromatic carbocycles. The molecule has 304 valence electrons. The summed E-state index contributed by atoms with van der Waals surface area (Å²) in [5.41, 5.74) is 11.4. The maximum atomic E-state index is 13.5. The highest BCUT2D eigenvalue weighted by molar-refractivity contribution is 5.97. The van der Waals surface area contributed by atoms with Crippen molar-refractivity contribution in [3.8, 4) is 0 Å². The first-order chi connectivity index (χ1) is 25.6. The van der Waals surface area contributed by atoms with E-state index >= 15 is 0 Å². The Balaban J connectivity index is 0.0000151. The van der Waals surface area contributed by atoms with Gasteiger partial charge in [-0.2, -0.15) is 0 Å². The van der Waals surface area contributed by atoms with Crippen LogP contribution in [0.2, 0.25) is 0 Å². The van der Waals surface area contributed by atoms with Crippen LogP contribution in [-0.4, -0.2) is 142 Å². The lowest BCUT2D eigenvalue weighted by Gasteiger charge is -2.28. The number of carbonyl (C=O) groups excluding carboxylic acids is 8. The minimum absolute atomic E-state index is 0. The van der Waals surface area contributed by atoms with Crippen molar-refractivity contribution in [2.75, 3.05) is 26.4 Å². The third-order valence-corrected chi connectivity index (χ3v) is 8.42. The molecule has 0 aromatic heterocycles. The second kappa shape index (κ2) is 22.8. The highest BCUT2D eigenvalue weighted by Crippen LogP contribution is 2.08. The van der Waals surface area contributed by atoms with Gasteiger partial charge in [0.05, 0.1) is 32.0 Å². The van der Waals surface area contributed by atoms with Crippen LogP contribution in [-0.2, 0) is 44.8 Å². The first kappa shape index (κ1) is 44.9. The summed E-state index contributed by atoms with van der Waals surface area (Å²) in [5, 5.41) is 56.6. The number of amides is 8. The quantitative estimate of drug-likeness (QED) is 0.0839. The van der Waals surface area contributed by atoms with Gasteiger partial charge in [0.15, 0.2) is 0 Å². The molecule has 2 unspecified atom stereocenters. The molecule has 1 aliphatic heterocycles. The number of nitrogens with two attached hydrogens (primary N) is 2. The van der Waals surface area contributed by atoms with Gasteiger partial charge in [0, 0.05) is 22.2 Å². The lowest BCUT2D eigenvalue weighted by molar-refractivity contribution is -0.137. The Morgan fingerprint density at radius 3 is 2.06 bits per heavy atom. The first-order valence-electron chi connectivity index (χ1n) is 17.3. The summed E-state index contributed by atoms with van der Waals surface area (Å²) in [5.74, 6) is -7.51. The van der Waals surface area contributed by atoms with Crippen molar-refractivity contribution in [3.63, 3.8) is 0 Å². The predicted molar refractivity (Wildman–Crippen MR) is 192 cm³/mol. The van der Waals surface area contributed by atoms with E-state index in [1.165, 1.54) is 0 Å². The van der Waals surface area contributed by atoms with Crippen LogP contribution in [0.5, 0.6) is 0 Å². The Kier molecular flexibility index (Phi) is 18.9. The molecule has 0 saturated carbocycles. The number of hydrogen-bond acceptors (Lipinski definition) is 13. The molecule has 1 heterocycles. The molecule has 0 bridgehead atoms. The van der Waals surface area contributed by atoms with Crippen LogP contribution in [0.25, 0.3) is 0 Å². The van der Waals surface area contributed by atoms with Gasteiger partial charge in [-0.25, -0.2) is 0 Å². The lowest BCUT2D eigenvalue weighted by atomic mass is 10.0. The zero-order valence-corrected chi connectivity index (χ0v) is 29.8. The van der Waals surface area contributed by atoms with Crippen molar-refractivity contribution in [2.45, 2.75) is 93.8 Å². The number of benzene rings is 1. The van der Waals surface area contributed by atoms with Gasteiger partial charge in [-0.15, -0.1) is 0 Å². The van der Waals surface area contributed by atoms with E-state index in [-0.39, 0.29) is 47.9 Å². The monoisotopic (exact) mass is 769 g/mol. The van der Waals surface area contributed by atoms with Crippen molar-refractivity contribution in [1.82, 2.24) is 37.2 Å². The fourth-order valence-electron chi connectivity index (χ4n) is 5.29. The van der Waals surface area contributed by atoms with E-state index in [0.29, 0.717) is 5.56 Å². The van der Waals surface area contributed by atoms with Gasteiger partial charge in [0.25, 0.3) is 0 Å². The molecule has 0 aliphatic carbocycles. The fourth-order valence-corrected chi connectivity index (χ4v) is 5.29. The summed E-state index contributed by atoms with van der Waals surface area (Å²) in [4.78, 5) is 103. The summed E-state index contributed by atoms with van der Waals surface area (Å²) in [7, 11) is 0. The molecule has 21 nitrogen and oxygen atoms in total. The van der Waals surface area contributed by atoms with Crippen LogP contribution in [0.15, 0.2) is 30.3 Å². The van der Waals surface area contributed by atoms with Gasteiger partial charge in [0.2, 0.25) is 47.3 Å². The number of nitrogens with one attached hydrogen (secondary N) is 7. The SMILES string of the molecule is C[C@@H](O)[C@@H]1NC(=O)C(N[C@@H](CO)C(N)=O)CCC(=O)NCCCCC(C(=O)N[C@@H](CO)C(=O)N[C@@H](Cc2ccccc2)C(N)=O)NC(=O)[C@H](CO)NC1=O.[HH].[HH]. The average Bonchev–Trinajstić information content (AvgIpc) is 3.13. The zero-order chi connectivity index (χ0) is 40.4. The summed E-state index contributed by atoms with van der Waals surface area (Å²) < 4.78 is 0. The van der Waals surface area contributed by atoms with Gasteiger partial charge >= 0.3 is 0 Å². The summed E-state index contributed by atoms with van der Waals surface area (Å²) in [6, 6.07) is -1.83. The average molecular weight is 770 g/mol. The molecular formula is C33H55N9O12. The molecule has 8 atom stereocenters. The van der Waals surface area contributed by atoms with Gasteiger partial charge in [-0.05, 0) is 38.2 Å². The van der Waals surface area contributed by atoms with Crippen LogP contribution < -0.4 is 48.7 Å². The van der Waals surface area contributed by atoms with Crippen LogP contribution in [0.4, 0.5) is 0 Å². The number of carbonyl (C=O) groups is 8. The standard InChI is InChI=1S/C33H51N9O12.2H2/c1-17(46)26-33(54)41-24(16-45)31(52)38-19(9-5-6-12-36-25(47)11-10-20(30(51)42-26)37-22(14-43)28(35)49)29(50)40-23(15-44)32(53)39-21(27(34)48)13-18-7-3-2-4-8-18;;/h2-4,7-8,17,19-24,26,37,43-46H,5-6,9-16H2,1H3,(H2,34,48)(H2,35,49)(H,36,47)(H,38,52)(H,39,53)(H,40,50)(H,41,54)(H,42,51);2*1H/t17-,19?,20?,21+,22+,23+,24+,26+;;/m1../s1. The molecule has 8 amide bonds. The maximum absolute atomic E-state index is 13.5. The van der Waals surface area contributed by atoms with E-state index in [4.69, 9.17) is 11.5 Å². The lowest BCUT2D eigenvalue weighted by Crippen LogP contribution is -2.62. The fraction of sp³-hybridized carbons (Fsp3) is 0.576. The number of aliphatic hydroxyl groups is 4.